The molecule has 5 rings (SSSR count). The number of benzene rings is 2. The number of imidazole rings is 1. The van der Waals surface area contributed by atoms with Crippen LogP contribution >= 0.6 is 15.9 Å². The van der Waals surface area contributed by atoms with E-state index in [0.29, 0.717) is 28.2 Å². The van der Waals surface area contributed by atoms with Crippen LogP contribution in [-0.2, 0) is 19.6 Å². The fourth-order valence-corrected chi connectivity index (χ4v) is 4.86. The molecule has 3 heterocycles. The molecular formula is C26H22BrN3O4. The van der Waals surface area contributed by atoms with E-state index >= 15 is 0 Å². The van der Waals surface area contributed by atoms with Gasteiger partial charge < -0.3 is 19.2 Å². The lowest BCUT2D eigenvalue weighted by Gasteiger charge is -2.09. The third kappa shape index (κ3) is 3.69. The highest BCUT2D eigenvalue weighted by Gasteiger charge is 2.20. The summed E-state index contributed by atoms with van der Waals surface area (Å²) in [6.45, 7) is 4.46. The van der Waals surface area contributed by atoms with Crippen molar-refractivity contribution in [2.75, 3.05) is 0 Å². The van der Waals surface area contributed by atoms with Crippen LogP contribution in [-0.4, -0.2) is 30.7 Å². The summed E-state index contributed by atoms with van der Waals surface area (Å²) < 4.78 is 8.61. The van der Waals surface area contributed by atoms with Gasteiger partial charge in [0.25, 0.3) is 0 Å². The van der Waals surface area contributed by atoms with Gasteiger partial charge in [0.05, 0.1) is 24.4 Å². The molecule has 2 aromatic carbocycles. The first kappa shape index (κ1) is 22.3. The SMILES string of the molecule is CCc1nc2c(C)cc(CO)nc2n1Cc1ccc2c(-c3ccccc3C(=O)O)oc(Br)c2c1. The fourth-order valence-electron chi connectivity index (χ4n) is 4.37. The Labute approximate surface area is 203 Å². The van der Waals surface area contributed by atoms with Crippen LogP contribution in [0.15, 0.2) is 57.6 Å². The Kier molecular flexibility index (Phi) is 5.71. The number of aromatic nitrogens is 3. The van der Waals surface area contributed by atoms with Crippen LogP contribution in [0.2, 0.25) is 0 Å². The van der Waals surface area contributed by atoms with E-state index in [0.717, 1.165) is 45.3 Å². The summed E-state index contributed by atoms with van der Waals surface area (Å²) in [5.41, 5.74) is 4.93. The van der Waals surface area contributed by atoms with Gasteiger partial charge in [0, 0.05) is 22.8 Å². The Morgan fingerprint density at radius 1 is 1.12 bits per heavy atom. The van der Waals surface area contributed by atoms with E-state index in [1.165, 1.54) is 0 Å². The molecule has 0 spiro atoms. The molecule has 0 bridgehead atoms. The normalized spacial score (nSPS) is 11.5. The Morgan fingerprint density at radius 3 is 2.65 bits per heavy atom. The highest BCUT2D eigenvalue weighted by molar-refractivity contribution is 9.10. The number of furan rings is 1. The molecular weight excluding hydrogens is 498 g/mol. The zero-order valence-corrected chi connectivity index (χ0v) is 20.3. The van der Waals surface area contributed by atoms with E-state index in [9.17, 15) is 15.0 Å². The molecule has 0 aliphatic rings. The second kappa shape index (κ2) is 8.70. The minimum atomic E-state index is -1.00. The largest absolute Gasteiger partial charge is 0.478 e. The van der Waals surface area contributed by atoms with E-state index in [2.05, 4.69) is 32.4 Å². The Hall–Kier alpha value is -3.49. The van der Waals surface area contributed by atoms with Gasteiger partial charge in [-0.25, -0.2) is 14.8 Å². The number of hydrogen-bond donors (Lipinski definition) is 2. The standard InChI is InChI=1S/C26H22BrN3O4/c1-3-21-29-22-14(2)10-16(13-31)28-25(22)30(21)12-15-8-9-18-20(11-15)24(27)34-23(18)17-6-4-5-7-19(17)26(32)33/h4-11,31H,3,12-13H2,1-2H3,(H,32,33). The molecule has 0 atom stereocenters. The quantitative estimate of drug-likeness (QED) is 0.297. The van der Waals surface area contributed by atoms with Gasteiger partial charge in [-0.2, -0.15) is 0 Å². The lowest BCUT2D eigenvalue weighted by atomic mass is 10.0. The maximum atomic E-state index is 11.7. The first-order chi connectivity index (χ1) is 16.4. The van der Waals surface area contributed by atoms with Crippen LogP contribution in [0.5, 0.6) is 0 Å². The lowest BCUT2D eigenvalue weighted by Crippen LogP contribution is -2.06. The number of nitrogens with zero attached hydrogens (tertiary/aromatic N) is 3. The van der Waals surface area contributed by atoms with Gasteiger partial charge >= 0.3 is 5.97 Å². The van der Waals surface area contributed by atoms with Crippen molar-refractivity contribution in [2.45, 2.75) is 33.4 Å². The smallest absolute Gasteiger partial charge is 0.336 e. The highest BCUT2D eigenvalue weighted by atomic mass is 79.9. The maximum absolute atomic E-state index is 11.7. The molecule has 0 fully saturated rings. The van der Waals surface area contributed by atoms with Gasteiger partial charge in [-0.15, -0.1) is 0 Å². The zero-order chi connectivity index (χ0) is 24.0. The Morgan fingerprint density at radius 2 is 1.91 bits per heavy atom. The van der Waals surface area contributed by atoms with Gasteiger partial charge in [-0.1, -0.05) is 37.3 Å². The second-order valence-electron chi connectivity index (χ2n) is 8.16. The molecule has 0 unspecified atom stereocenters. The van der Waals surface area contributed by atoms with Crippen molar-refractivity contribution in [2.24, 2.45) is 0 Å². The predicted molar refractivity (Wildman–Crippen MR) is 133 cm³/mol. The number of fused-ring (bicyclic) bond motifs is 2. The summed E-state index contributed by atoms with van der Waals surface area (Å²) in [5, 5.41) is 20.9. The lowest BCUT2D eigenvalue weighted by molar-refractivity contribution is 0.0697. The van der Waals surface area contributed by atoms with Crippen LogP contribution in [0.4, 0.5) is 0 Å². The molecule has 3 aromatic heterocycles. The Bertz CT molecular complexity index is 1570. The number of halogens is 1. The summed E-state index contributed by atoms with van der Waals surface area (Å²) in [7, 11) is 0. The number of aliphatic hydroxyl groups excluding tert-OH is 1. The van der Waals surface area contributed by atoms with Crippen molar-refractivity contribution in [3.8, 4) is 11.3 Å². The van der Waals surface area contributed by atoms with Gasteiger partial charge in [0.2, 0.25) is 0 Å². The summed E-state index contributed by atoms with van der Waals surface area (Å²) in [6.07, 6.45) is 0.748. The van der Waals surface area contributed by atoms with Crippen molar-refractivity contribution in [1.82, 2.24) is 14.5 Å². The Balaban J connectivity index is 1.61. The molecule has 0 saturated heterocycles. The van der Waals surface area contributed by atoms with Crippen LogP contribution in [0.1, 0.15) is 39.9 Å². The number of aromatic carboxylic acids is 1. The summed E-state index contributed by atoms with van der Waals surface area (Å²) in [5.74, 6) is 0.429. The molecule has 0 saturated carbocycles. The van der Waals surface area contributed by atoms with Crippen molar-refractivity contribution in [1.29, 1.82) is 0 Å². The molecule has 2 N–H and O–H groups in total. The van der Waals surface area contributed by atoms with Crippen molar-refractivity contribution in [3.63, 3.8) is 0 Å². The van der Waals surface area contributed by atoms with Crippen LogP contribution in [0.3, 0.4) is 0 Å². The first-order valence-electron chi connectivity index (χ1n) is 10.9. The number of hydrogen-bond acceptors (Lipinski definition) is 5. The van der Waals surface area contributed by atoms with Gasteiger partial charge in [-0.05, 0) is 52.2 Å². The molecule has 0 aliphatic carbocycles. The fraction of sp³-hybridized carbons (Fsp3) is 0.192. The summed E-state index contributed by atoms with van der Waals surface area (Å²) in [6, 6.07) is 14.7. The average Bonchev–Trinajstić information content (AvgIpc) is 3.36. The van der Waals surface area contributed by atoms with E-state index in [1.54, 1.807) is 24.3 Å². The number of rotatable bonds is 6. The molecule has 0 amide bonds. The van der Waals surface area contributed by atoms with E-state index in [4.69, 9.17) is 9.40 Å². The van der Waals surface area contributed by atoms with Crippen molar-refractivity contribution < 1.29 is 19.4 Å². The minimum absolute atomic E-state index is 0.127. The molecule has 34 heavy (non-hydrogen) atoms. The summed E-state index contributed by atoms with van der Waals surface area (Å²) >= 11 is 3.51. The molecule has 7 nitrogen and oxygen atoms in total. The van der Waals surface area contributed by atoms with E-state index in [1.807, 2.05) is 31.2 Å². The number of carboxylic acids is 1. The molecule has 8 heteroatoms. The van der Waals surface area contributed by atoms with Crippen molar-refractivity contribution >= 4 is 43.8 Å². The van der Waals surface area contributed by atoms with Gasteiger partial charge in [-0.3, -0.25) is 0 Å². The molecule has 172 valence electrons. The minimum Gasteiger partial charge on any atom is -0.478 e. The highest BCUT2D eigenvalue weighted by Crippen LogP contribution is 2.39. The average molecular weight is 520 g/mol. The third-order valence-electron chi connectivity index (χ3n) is 5.98. The molecule has 5 aromatic rings. The van der Waals surface area contributed by atoms with Crippen LogP contribution < -0.4 is 0 Å². The van der Waals surface area contributed by atoms with Gasteiger partial charge in [0.1, 0.15) is 17.1 Å². The van der Waals surface area contributed by atoms with E-state index < -0.39 is 5.97 Å². The van der Waals surface area contributed by atoms with E-state index in [-0.39, 0.29) is 12.2 Å². The molecule has 0 radical (unpaired) electrons. The number of carboxylic acid groups (broad SMARTS) is 1. The van der Waals surface area contributed by atoms with Crippen LogP contribution in [0.25, 0.3) is 33.3 Å². The van der Waals surface area contributed by atoms with Gasteiger partial charge in [0.15, 0.2) is 10.3 Å². The monoisotopic (exact) mass is 519 g/mol. The second-order valence-corrected chi connectivity index (χ2v) is 8.88. The van der Waals surface area contributed by atoms with Crippen molar-refractivity contribution in [3.05, 3.63) is 81.4 Å². The number of pyridine rings is 1. The maximum Gasteiger partial charge on any atom is 0.336 e. The first-order valence-corrected chi connectivity index (χ1v) is 11.7. The summed E-state index contributed by atoms with van der Waals surface area (Å²) in [4.78, 5) is 21.1. The zero-order valence-electron chi connectivity index (χ0n) is 18.7. The number of aryl methyl sites for hydroxylation is 2. The topological polar surface area (TPSA) is 101 Å². The number of aliphatic hydroxyl groups is 1. The third-order valence-corrected chi connectivity index (χ3v) is 6.57. The number of carbonyl (C=O) groups is 1. The van der Waals surface area contributed by atoms with Crippen LogP contribution in [0, 0.1) is 6.92 Å². The predicted octanol–water partition coefficient (Wildman–Crippen LogP) is 5.72. The molecule has 0 aliphatic heterocycles.